The average molecular weight is 223 g/mol. The molecule has 1 heterocycles. The second kappa shape index (κ2) is 4.12. The van der Waals surface area contributed by atoms with Crippen molar-refractivity contribution >= 4 is 40.4 Å². The molecule has 66 valence electrons. The molecule has 12 heavy (non-hydrogen) atoms. The molecular formula is C7H8Cl2N2S. The van der Waals surface area contributed by atoms with Gasteiger partial charge in [0.05, 0.1) is 21.1 Å². The Labute approximate surface area is 85.0 Å². The molecule has 0 aliphatic heterocycles. The molecule has 0 amide bonds. The maximum Gasteiger partial charge on any atom is 0.0994 e. The van der Waals surface area contributed by atoms with Crippen LogP contribution in [-0.2, 0) is 6.54 Å². The van der Waals surface area contributed by atoms with Gasteiger partial charge in [0.25, 0.3) is 0 Å². The van der Waals surface area contributed by atoms with E-state index in [0.29, 0.717) is 21.1 Å². The summed E-state index contributed by atoms with van der Waals surface area (Å²) in [5.41, 5.74) is 6.30. The van der Waals surface area contributed by atoms with Crippen LogP contribution < -0.4 is 5.73 Å². The molecule has 1 aromatic rings. The zero-order valence-electron chi connectivity index (χ0n) is 6.47. The third-order valence-electron chi connectivity index (χ3n) is 1.23. The van der Waals surface area contributed by atoms with Gasteiger partial charge in [-0.1, -0.05) is 23.2 Å². The van der Waals surface area contributed by atoms with Crippen molar-refractivity contribution in [1.29, 1.82) is 0 Å². The number of thiophene rings is 1. The number of nitrogens with two attached hydrogens (primary N) is 1. The maximum atomic E-state index is 5.85. The number of nitrogens with zero attached hydrogens (tertiary/aromatic N) is 1. The highest BCUT2D eigenvalue weighted by atomic mass is 35.5. The molecule has 0 bridgehead atoms. The van der Waals surface area contributed by atoms with Gasteiger partial charge in [0.2, 0.25) is 0 Å². The summed E-state index contributed by atoms with van der Waals surface area (Å²) in [6.45, 7) is 2.24. The van der Waals surface area contributed by atoms with Crippen molar-refractivity contribution in [2.24, 2.45) is 10.7 Å². The van der Waals surface area contributed by atoms with Gasteiger partial charge in [0.15, 0.2) is 0 Å². The average Bonchev–Trinajstić information content (AvgIpc) is 2.26. The molecule has 0 saturated heterocycles. The van der Waals surface area contributed by atoms with Gasteiger partial charge in [0.1, 0.15) is 0 Å². The van der Waals surface area contributed by atoms with Gasteiger partial charge in [-0.3, -0.25) is 4.99 Å². The van der Waals surface area contributed by atoms with E-state index >= 15 is 0 Å². The van der Waals surface area contributed by atoms with E-state index in [4.69, 9.17) is 28.9 Å². The zero-order valence-corrected chi connectivity index (χ0v) is 8.80. The van der Waals surface area contributed by atoms with Crippen molar-refractivity contribution in [1.82, 2.24) is 0 Å². The summed E-state index contributed by atoms with van der Waals surface area (Å²) < 4.78 is 1.37. The van der Waals surface area contributed by atoms with Crippen LogP contribution in [0.25, 0.3) is 0 Å². The van der Waals surface area contributed by atoms with Crippen molar-refractivity contribution in [2.75, 3.05) is 0 Å². The molecular weight excluding hydrogens is 215 g/mol. The summed E-state index contributed by atoms with van der Waals surface area (Å²) in [4.78, 5) is 4.03. The van der Waals surface area contributed by atoms with Crippen LogP contribution >= 0.6 is 34.5 Å². The molecule has 5 heteroatoms. The third kappa shape index (κ3) is 2.66. The van der Waals surface area contributed by atoms with Crippen LogP contribution in [0.2, 0.25) is 8.67 Å². The van der Waals surface area contributed by atoms with E-state index in [1.807, 2.05) is 0 Å². The maximum absolute atomic E-state index is 5.85. The van der Waals surface area contributed by atoms with E-state index in [1.165, 1.54) is 11.3 Å². The van der Waals surface area contributed by atoms with Crippen LogP contribution in [0.4, 0.5) is 0 Å². The molecule has 0 aliphatic rings. The van der Waals surface area contributed by atoms with Crippen LogP contribution in [0.1, 0.15) is 12.5 Å². The number of hydrogen-bond donors (Lipinski definition) is 1. The molecule has 2 nitrogen and oxygen atoms in total. The Morgan fingerprint density at radius 2 is 2.33 bits per heavy atom. The minimum absolute atomic E-state index is 0.504. The van der Waals surface area contributed by atoms with Crippen LogP contribution in [-0.4, -0.2) is 5.84 Å². The van der Waals surface area contributed by atoms with E-state index in [-0.39, 0.29) is 0 Å². The molecule has 0 radical (unpaired) electrons. The summed E-state index contributed by atoms with van der Waals surface area (Å²) in [6, 6.07) is 1.81. The van der Waals surface area contributed by atoms with Crippen molar-refractivity contribution in [3.63, 3.8) is 0 Å². The van der Waals surface area contributed by atoms with Gasteiger partial charge in [-0.25, -0.2) is 0 Å². The minimum Gasteiger partial charge on any atom is -0.388 e. The normalized spacial score (nSPS) is 12.1. The number of halogens is 2. The first-order valence-corrected chi connectivity index (χ1v) is 4.87. The first kappa shape index (κ1) is 9.84. The Bertz CT molecular complexity index is 302. The van der Waals surface area contributed by atoms with Gasteiger partial charge in [-0.15, -0.1) is 11.3 Å². The lowest BCUT2D eigenvalue weighted by Gasteiger charge is -1.92. The fourth-order valence-corrected chi connectivity index (χ4v) is 2.16. The number of aliphatic imine (C=N–C) groups is 1. The molecule has 0 aliphatic carbocycles. The van der Waals surface area contributed by atoms with Gasteiger partial charge in [0, 0.05) is 5.56 Å². The summed E-state index contributed by atoms with van der Waals surface area (Å²) >= 11 is 12.9. The first-order valence-electron chi connectivity index (χ1n) is 3.30. The standard InChI is InChI=1S/C7H8Cl2N2S/c1-4(10)11-3-5-2-6(8)12-7(5)9/h2H,3H2,1H3,(H2,10,11). The number of rotatable bonds is 2. The largest absolute Gasteiger partial charge is 0.388 e. The van der Waals surface area contributed by atoms with Crippen molar-refractivity contribution in [3.8, 4) is 0 Å². The van der Waals surface area contributed by atoms with Gasteiger partial charge < -0.3 is 5.73 Å². The third-order valence-corrected chi connectivity index (χ3v) is 2.80. The molecule has 2 N–H and O–H groups in total. The van der Waals surface area contributed by atoms with Gasteiger partial charge >= 0.3 is 0 Å². The van der Waals surface area contributed by atoms with Gasteiger partial charge in [-0.2, -0.15) is 0 Å². The Morgan fingerprint density at radius 3 is 2.75 bits per heavy atom. The summed E-state index contributed by atoms with van der Waals surface area (Å²) in [7, 11) is 0. The number of hydrogen-bond acceptors (Lipinski definition) is 2. The molecule has 1 aromatic heterocycles. The Morgan fingerprint density at radius 1 is 1.67 bits per heavy atom. The van der Waals surface area contributed by atoms with E-state index in [2.05, 4.69) is 4.99 Å². The van der Waals surface area contributed by atoms with Crippen molar-refractivity contribution < 1.29 is 0 Å². The van der Waals surface area contributed by atoms with E-state index in [9.17, 15) is 0 Å². The first-order chi connectivity index (χ1) is 5.59. The molecule has 0 atom stereocenters. The highest BCUT2D eigenvalue weighted by Gasteiger charge is 2.03. The second-order valence-corrected chi connectivity index (χ2v) is 4.59. The fraction of sp³-hybridized carbons (Fsp3) is 0.286. The summed E-state index contributed by atoms with van der Waals surface area (Å²) in [6.07, 6.45) is 0. The summed E-state index contributed by atoms with van der Waals surface area (Å²) in [5, 5.41) is 0. The highest BCUT2D eigenvalue weighted by molar-refractivity contribution is 7.20. The van der Waals surface area contributed by atoms with Crippen LogP contribution in [0.15, 0.2) is 11.1 Å². The molecule has 0 aromatic carbocycles. The lowest BCUT2D eigenvalue weighted by Crippen LogP contribution is -2.05. The SMILES string of the molecule is CC(N)=NCc1cc(Cl)sc1Cl. The molecule has 0 fully saturated rings. The Hall–Kier alpha value is -0.250. The predicted octanol–water partition coefficient (Wildman–Crippen LogP) is 2.93. The van der Waals surface area contributed by atoms with Crippen LogP contribution in [0.5, 0.6) is 0 Å². The fourth-order valence-electron chi connectivity index (χ4n) is 0.692. The second-order valence-electron chi connectivity index (χ2n) is 2.31. The van der Waals surface area contributed by atoms with Crippen LogP contribution in [0, 0.1) is 0 Å². The van der Waals surface area contributed by atoms with E-state index in [0.717, 1.165) is 5.56 Å². The monoisotopic (exact) mass is 222 g/mol. The minimum atomic E-state index is 0.504. The number of amidine groups is 1. The molecule has 1 rings (SSSR count). The molecule has 0 unspecified atom stereocenters. The van der Waals surface area contributed by atoms with E-state index in [1.54, 1.807) is 13.0 Å². The summed E-state index contributed by atoms with van der Waals surface area (Å²) in [5.74, 6) is 0.549. The van der Waals surface area contributed by atoms with Gasteiger partial charge in [-0.05, 0) is 13.0 Å². The lowest BCUT2D eigenvalue weighted by molar-refractivity contribution is 1.07. The zero-order chi connectivity index (χ0) is 9.14. The highest BCUT2D eigenvalue weighted by Crippen LogP contribution is 2.31. The van der Waals surface area contributed by atoms with E-state index < -0.39 is 0 Å². The molecule has 0 spiro atoms. The predicted molar refractivity (Wildman–Crippen MR) is 55.3 cm³/mol. The quantitative estimate of drug-likeness (QED) is 0.607. The Kier molecular flexibility index (Phi) is 3.38. The Balaban J connectivity index is 2.75. The molecule has 0 saturated carbocycles. The van der Waals surface area contributed by atoms with Crippen LogP contribution in [0.3, 0.4) is 0 Å². The van der Waals surface area contributed by atoms with Crippen molar-refractivity contribution in [2.45, 2.75) is 13.5 Å². The van der Waals surface area contributed by atoms with Crippen molar-refractivity contribution in [3.05, 3.63) is 20.3 Å². The topological polar surface area (TPSA) is 38.4 Å². The smallest absolute Gasteiger partial charge is 0.0994 e. The lowest BCUT2D eigenvalue weighted by atomic mass is 10.3.